The zero-order valence-corrected chi connectivity index (χ0v) is 18.5. The lowest BCUT2D eigenvalue weighted by Gasteiger charge is -2.24. The van der Waals surface area contributed by atoms with Crippen LogP contribution in [0.25, 0.3) is 10.2 Å². The first-order valence-electron chi connectivity index (χ1n) is 9.24. The number of fused-ring (bicyclic) bond motifs is 1. The lowest BCUT2D eigenvalue weighted by molar-refractivity contribution is -0.118. The minimum absolute atomic E-state index is 0. The van der Waals surface area contributed by atoms with Crippen LogP contribution in [-0.4, -0.2) is 42.0 Å². The number of para-hydroxylation sites is 1. The van der Waals surface area contributed by atoms with Gasteiger partial charge in [0, 0.05) is 13.1 Å². The van der Waals surface area contributed by atoms with Gasteiger partial charge in [-0.15, -0.1) is 12.4 Å². The fourth-order valence-electron chi connectivity index (χ4n) is 2.99. The Morgan fingerprint density at radius 2 is 1.75 bits per heavy atom. The molecule has 0 aliphatic carbocycles. The second kappa shape index (κ2) is 10.8. The molecule has 0 fully saturated rings. The SMILES string of the molecule is CCN(CC)CCN(C(=O)Cc1ccccc1)c1nc2c(Cl)cccc2s1.Cl. The van der Waals surface area contributed by atoms with Crippen LogP contribution in [0.4, 0.5) is 5.13 Å². The van der Waals surface area contributed by atoms with Gasteiger partial charge in [-0.2, -0.15) is 0 Å². The summed E-state index contributed by atoms with van der Waals surface area (Å²) in [7, 11) is 0. The van der Waals surface area contributed by atoms with Crippen LogP contribution in [0, 0.1) is 0 Å². The van der Waals surface area contributed by atoms with Gasteiger partial charge in [-0.3, -0.25) is 9.69 Å². The minimum Gasteiger partial charge on any atom is -0.302 e. The van der Waals surface area contributed by atoms with Crippen LogP contribution in [0.3, 0.4) is 0 Å². The molecule has 150 valence electrons. The molecule has 2 aromatic carbocycles. The molecule has 28 heavy (non-hydrogen) atoms. The van der Waals surface area contributed by atoms with Crippen molar-refractivity contribution < 1.29 is 4.79 Å². The molecule has 0 saturated heterocycles. The van der Waals surface area contributed by atoms with Crippen molar-refractivity contribution in [2.75, 3.05) is 31.1 Å². The quantitative estimate of drug-likeness (QED) is 0.480. The van der Waals surface area contributed by atoms with Crippen LogP contribution < -0.4 is 4.90 Å². The molecule has 3 aromatic rings. The third kappa shape index (κ3) is 5.45. The van der Waals surface area contributed by atoms with Gasteiger partial charge in [0.25, 0.3) is 0 Å². The molecule has 1 aromatic heterocycles. The molecule has 1 heterocycles. The third-order valence-electron chi connectivity index (χ3n) is 4.62. The average molecular weight is 438 g/mol. The molecule has 0 atom stereocenters. The van der Waals surface area contributed by atoms with E-state index in [1.165, 1.54) is 11.3 Å². The molecule has 7 heteroatoms. The van der Waals surface area contributed by atoms with Gasteiger partial charge in [0.15, 0.2) is 5.13 Å². The van der Waals surface area contributed by atoms with E-state index in [9.17, 15) is 4.79 Å². The Balaban J connectivity index is 0.00000280. The molecule has 0 saturated carbocycles. The van der Waals surface area contributed by atoms with Crippen molar-refractivity contribution in [3.8, 4) is 0 Å². The van der Waals surface area contributed by atoms with E-state index in [4.69, 9.17) is 11.6 Å². The molecule has 0 radical (unpaired) electrons. The number of thiazole rings is 1. The van der Waals surface area contributed by atoms with Crippen molar-refractivity contribution >= 4 is 56.6 Å². The van der Waals surface area contributed by atoms with Crippen molar-refractivity contribution in [1.82, 2.24) is 9.88 Å². The van der Waals surface area contributed by atoms with E-state index >= 15 is 0 Å². The second-order valence-electron chi connectivity index (χ2n) is 6.32. The van der Waals surface area contributed by atoms with Gasteiger partial charge in [-0.1, -0.05) is 73.2 Å². The van der Waals surface area contributed by atoms with Crippen molar-refractivity contribution in [3.63, 3.8) is 0 Å². The summed E-state index contributed by atoms with van der Waals surface area (Å²) < 4.78 is 0.998. The first-order chi connectivity index (χ1) is 13.1. The predicted octanol–water partition coefficient (Wildman–Crippen LogP) is 5.29. The molecule has 4 nitrogen and oxygen atoms in total. The fourth-order valence-corrected chi connectivity index (χ4v) is 4.30. The molecule has 0 aliphatic rings. The van der Waals surface area contributed by atoms with E-state index in [1.807, 2.05) is 53.4 Å². The lowest BCUT2D eigenvalue weighted by atomic mass is 10.1. The number of halogens is 2. The molecular formula is C21H25Cl2N3OS. The number of rotatable bonds is 8. The molecule has 0 spiro atoms. The van der Waals surface area contributed by atoms with Crippen LogP contribution in [0.1, 0.15) is 19.4 Å². The van der Waals surface area contributed by atoms with Gasteiger partial charge in [0.05, 0.1) is 16.1 Å². The van der Waals surface area contributed by atoms with Gasteiger partial charge in [-0.25, -0.2) is 4.98 Å². The number of carbonyl (C=O) groups excluding carboxylic acids is 1. The van der Waals surface area contributed by atoms with Crippen LogP contribution in [-0.2, 0) is 11.2 Å². The Morgan fingerprint density at radius 1 is 1.04 bits per heavy atom. The Hall–Kier alpha value is -1.66. The largest absolute Gasteiger partial charge is 0.302 e. The topological polar surface area (TPSA) is 36.4 Å². The highest BCUT2D eigenvalue weighted by molar-refractivity contribution is 7.22. The number of carbonyl (C=O) groups is 1. The Bertz CT molecular complexity index is 897. The zero-order valence-electron chi connectivity index (χ0n) is 16.1. The first kappa shape index (κ1) is 22.6. The number of likely N-dealkylation sites (N-methyl/N-ethyl adjacent to an activating group) is 1. The summed E-state index contributed by atoms with van der Waals surface area (Å²) in [6.45, 7) is 7.63. The highest BCUT2D eigenvalue weighted by atomic mass is 35.5. The molecule has 0 N–H and O–H groups in total. The number of anilines is 1. The van der Waals surface area contributed by atoms with Gasteiger partial charge >= 0.3 is 0 Å². The maximum absolute atomic E-state index is 13.1. The number of nitrogens with zero attached hydrogens (tertiary/aromatic N) is 3. The number of aromatic nitrogens is 1. The van der Waals surface area contributed by atoms with Gasteiger partial charge < -0.3 is 4.90 Å². The highest BCUT2D eigenvalue weighted by Crippen LogP contribution is 2.33. The fraction of sp³-hybridized carbons (Fsp3) is 0.333. The smallest absolute Gasteiger partial charge is 0.233 e. The molecule has 1 amide bonds. The third-order valence-corrected chi connectivity index (χ3v) is 5.97. The van der Waals surface area contributed by atoms with Gasteiger partial charge in [0.1, 0.15) is 5.52 Å². The predicted molar refractivity (Wildman–Crippen MR) is 122 cm³/mol. The first-order valence-corrected chi connectivity index (χ1v) is 10.4. The van der Waals surface area contributed by atoms with E-state index in [0.717, 1.165) is 35.4 Å². The van der Waals surface area contributed by atoms with E-state index in [2.05, 4.69) is 23.7 Å². The monoisotopic (exact) mass is 437 g/mol. The summed E-state index contributed by atoms with van der Waals surface area (Å²) in [6.07, 6.45) is 0.364. The molecule has 0 unspecified atom stereocenters. The maximum atomic E-state index is 13.1. The number of benzene rings is 2. The Morgan fingerprint density at radius 3 is 2.39 bits per heavy atom. The van der Waals surface area contributed by atoms with E-state index in [0.29, 0.717) is 23.1 Å². The summed E-state index contributed by atoms with van der Waals surface area (Å²) in [5, 5.41) is 1.33. The molecule has 0 aliphatic heterocycles. The maximum Gasteiger partial charge on any atom is 0.233 e. The van der Waals surface area contributed by atoms with Crippen LogP contribution >= 0.6 is 35.3 Å². The Kier molecular flexibility index (Phi) is 8.70. The van der Waals surface area contributed by atoms with Crippen LogP contribution in [0.5, 0.6) is 0 Å². The summed E-state index contributed by atoms with van der Waals surface area (Å²) in [4.78, 5) is 21.9. The molecule has 3 rings (SSSR count). The summed E-state index contributed by atoms with van der Waals surface area (Å²) in [5.74, 6) is 0.0588. The molecule has 0 bridgehead atoms. The Labute approximate surface area is 181 Å². The van der Waals surface area contributed by atoms with Crippen molar-refractivity contribution in [2.24, 2.45) is 0 Å². The van der Waals surface area contributed by atoms with Gasteiger partial charge in [0.2, 0.25) is 5.91 Å². The van der Waals surface area contributed by atoms with Gasteiger partial charge in [-0.05, 0) is 30.8 Å². The summed E-state index contributed by atoms with van der Waals surface area (Å²) in [6, 6.07) is 15.6. The summed E-state index contributed by atoms with van der Waals surface area (Å²) in [5.41, 5.74) is 1.77. The molecular weight excluding hydrogens is 413 g/mol. The number of amides is 1. The van der Waals surface area contributed by atoms with E-state index in [1.54, 1.807) is 0 Å². The normalized spacial score (nSPS) is 10.9. The zero-order chi connectivity index (χ0) is 19.2. The van der Waals surface area contributed by atoms with Crippen LogP contribution in [0.15, 0.2) is 48.5 Å². The number of hydrogen-bond acceptors (Lipinski definition) is 4. The standard InChI is InChI=1S/C21H24ClN3OS.ClH/c1-3-24(4-2)13-14-25(19(26)15-16-9-6-5-7-10-16)21-23-20-17(22)11-8-12-18(20)27-21;/h5-12H,3-4,13-15H2,1-2H3;1H. The summed E-state index contributed by atoms with van der Waals surface area (Å²) >= 11 is 7.81. The lowest BCUT2D eigenvalue weighted by Crippen LogP contribution is -2.39. The van der Waals surface area contributed by atoms with E-state index < -0.39 is 0 Å². The highest BCUT2D eigenvalue weighted by Gasteiger charge is 2.21. The minimum atomic E-state index is 0. The van der Waals surface area contributed by atoms with Crippen LogP contribution in [0.2, 0.25) is 5.02 Å². The van der Waals surface area contributed by atoms with Crippen molar-refractivity contribution in [1.29, 1.82) is 0 Å². The van der Waals surface area contributed by atoms with E-state index in [-0.39, 0.29) is 18.3 Å². The van der Waals surface area contributed by atoms with Crippen molar-refractivity contribution in [2.45, 2.75) is 20.3 Å². The number of hydrogen-bond donors (Lipinski definition) is 0. The van der Waals surface area contributed by atoms with Crippen molar-refractivity contribution in [3.05, 3.63) is 59.1 Å². The second-order valence-corrected chi connectivity index (χ2v) is 7.73. The average Bonchev–Trinajstić information content (AvgIpc) is 3.11.